The standard InChI is InChI=1S/C14H20N2O4/c1-9(2)6-11(8-17)15-14(18)13-7-12(16(19)20)5-4-10(13)3/h4-5,7,9,11,17H,6,8H2,1-3H3,(H,15,18). The largest absolute Gasteiger partial charge is 0.394 e. The highest BCUT2D eigenvalue weighted by Gasteiger charge is 2.18. The lowest BCUT2D eigenvalue weighted by atomic mass is 10.0. The van der Waals surface area contributed by atoms with Crippen molar-refractivity contribution in [1.29, 1.82) is 0 Å². The fraction of sp³-hybridized carbons (Fsp3) is 0.500. The van der Waals surface area contributed by atoms with Crippen LogP contribution in [0.4, 0.5) is 5.69 Å². The first kappa shape index (κ1) is 16.1. The van der Waals surface area contributed by atoms with Gasteiger partial charge in [-0.25, -0.2) is 0 Å². The van der Waals surface area contributed by atoms with Gasteiger partial charge in [0.25, 0.3) is 11.6 Å². The van der Waals surface area contributed by atoms with E-state index < -0.39 is 10.8 Å². The molecule has 0 saturated carbocycles. The molecular weight excluding hydrogens is 260 g/mol. The molecule has 1 amide bonds. The van der Waals surface area contributed by atoms with E-state index in [4.69, 9.17) is 0 Å². The second-order valence-electron chi connectivity index (χ2n) is 5.24. The van der Waals surface area contributed by atoms with Crippen molar-refractivity contribution in [1.82, 2.24) is 5.32 Å². The Morgan fingerprint density at radius 1 is 1.45 bits per heavy atom. The molecular formula is C14H20N2O4. The van der Waals surface area contributed by atoms with Gasteiger partial charge in [-0.15, -0.1) is 0 Å². The predicted molar refractivity (Wildman–Crippen MR) is 75.6 cm³/mol. The Kier molecular flexibility index (Phi) is 5.64. The minimum Gasteiger partial charge on any atom is -0.394 e. The summed E-state index contributed by atoms with van der Waals surface area (Å²) in [5.41, 5.74) is 0.806. The van der Waals surface area contributed by atoms with Crippen LogP contribution in [-0.4, -0.2) is 28.6 Å². The molecule has 20 heavy (non-hydrogen) atoms. The van der Waals surface area contributed by atoms with Crippen LogP contribution in [0.1, 0.15) is 36.2 Å². The molecule has 0 spiro atoms. The van der Waals surface area contributed by atoms with Gasteiger partial charge in [0.1, 0.15) is 0 Å². The Morgan fingerprint density at radius 3 is 2.60 bits per heavy atom. The van der Waals surface area contributed by atoms with Gasteiger partial charge in [0.15, 0.2) is 0 Å². The predicted octanol–water partition coefficient (Wildman–Crippen LogP) is 2.04. The first-order chi connectivity index (χ1) is 9.35. The molecule has 1 aromatic carbocycles. The minimum atomic E-state index is -0.534. The fourth-order valence-electron chi connectivity index (χ4n) is 1.98. The molecule has 1 unspecified atom stereocenters. The van der Waals surface area contributed by atoms with Crippen molar-refractivity contribution in [2.24, 2.45) is 5.92 Å². The summed E-state index contributed by atoms with van der Waals surface area (Å²) in [6.45, 7) is 5.55. The molecule has 0 heterocycles. The number of aryl methyl sites for hydroxylation is 1. The van der Waals surface area contributed by atoms with Crippen LogP contribution in [0.25, 0.3) is 0 Å². The number of hydrogen-bond acceptors (Lipinski definition) is 4. The third-order valence-electron chi connectivity index (χ3n) is 2.99. The average Bonchev–Trinajstić information content (AvgIpc) is 2.37. The first-order valence-corrected chi connectivity index (χ1v) is 6.52. The van der Waals surface area contributed by atoms with E-state index in [1.165, 1.54) is 12.1 Å². The average molecular weight is 280 g/mol. The van der Waals surface area contributed by atoms with Gasteiger partial charge >= 0.3 is 0 Å². The molecule has 0 radical (unpaired) electrons. The Balaban J connectivity index is 2.91. The van der Waals surface area contributed by atoms with E-state index in [1.807, 2.05) is 13.8 Å². The maximum atomic E-state index is 12.1. The fourth-order valence-corrected chi connectivity index (χ4v) is 1.98. The van der Waals surface area contributed by atoms with E-state index in [1.54, 1.807) is 13.0 Å². The number of hydrogen-bond donors (Lipinski definition) is 2. The van der Waals surface area contributed by atoms with Crippen LogP contribution in [0, 0.1) is 23.0 Å². The van der Waals surface area contributed by atoms with Gasteiger partial charge in [-0.2, -0.15) is 0 Å². The zero-order valence-corrected chi connectivity index (χ0v) is 11.9. The lowest BCUT2D eigenvalue weighted by Gasteiger charge is -2.18. The summed E-state index contributed by atoms with van der Waals surface area (Å²) in [4.78, 5) is 22.4. The number of carbonyl (C=O) groups is 1. The van der Waals surface area contributed by atoms with E-state index in [-0.39, 0.29) is 23.9 Å². The van der Waals surface area contributed by atoms with Crippen LogP contribution in [0.2, 0.25) is 0 Å². The van der Waals surface area contributed by atoms with Crippen molar-refractivity contribution < 1.29 is 14.8 Å². The van der Waals surface area contributed by atoms with Gasteiger partial charge in [0.2, 0.25) is 0 Å². The molecule has 0 bridgehead atoms. The number of carbonyl (C=O) groups excluding carboxylic acids is 1. The van der Waals surface area contributed by atoms with Gasteiger partial charge in [-0.1, -0.05) is 19.9 Å². The zero-order chi connectivity index (χ0) is 15.3. The Labute approximate surface area is 118 Å². The number of benzene rings is 1. The Morgan fingerprint density at radius 2 is 2.10 bits per heavy atom. The third kappa shape index (κ3) is 4.31. The van der Waals surface area contributed by atoms with Gasteiger partial charge in [-0.05, 0) is 24.8 Å². The van der Waals surface area contributed by atoms with Gasteiger partial charge in [0.05, 0.1) is 17.6 Å². The van der Waals surface area contributed by atoms with Gasteiger partial charge in [-0.3, -0.25) is 14.9 Å². The third-order valence-corrected chi connectivity index (χ3v) is 2.99. The summed E-state index contributed by atoms with van der Waals surface area (Å²) < 4.78 is 0. The molecule has 0 aliphatic rings. The molecule has 6 nitrogen and oxygen atoms in total. The number of amides is 1. The lowest BCUT2D eigenvalue weighted by molar-refractivity contribution is -0.384. The monoisotopic (exact) mass is 280 g/mol. The molecule has 0 aliphatic heterocycles. The number of nitro benzene ring substituents is 1. The molecule has 6 heteroatoms. The maximum absolute atomic E-state index is 12.1. The van der Waals surface area contributed by atoms with Crippen LogP contribution >= 0.6 is 0 Å². The van der Waals surface area contributed by atoms with E-state index in [2.05, 4.69) is 5.32 Å². The summed E-state index contributed by atoms with van der Waals surface area (Å²) in [5.74, 6) is -0.0652. The minimum absolute atomic E-state index is 0.120. The van der Waals surface area contributed by atoms with Crippen molar-refractivity contribution in [2.75, 3.05) is 6.61 Å². The lowest BCUT2D eigenvalue weighted by Crippen LogP contribution is -2.38. The molecule has 0 aromatic heterocycles. The first-order valence-electron chi connectivity index (χ1n) is 6.52. The van der Waals surface area contributed by atoms with Crippen molar-refractivity contribution in [2.45, 2.75) is 33.2 Å². The van der Waals surface area contributed by atoms with Crippen molar-refractivity contribution in [3.63, 3.8) is 0 Å². The highest BCUT2D eigenvalue weighted by Crippen LogP contribution is 2.17. The van der Waals surface area contributed by atoms with E-state index in [0.29, 0.717) is 17.9 Å². The maximum Gasteiger partial charge on any atom is 0.270 e. The number of aliphatic hydroxyl groups is 1. The molecule has 110 valence electrons. The summed E-state index contributed by atoms with van der Waals surface area (Å²) in [5, 5.41) is 22.7. The summed E-state index contributed by atoms with van der Waals surface area (Å²) in [6, 6.07) is 3.82. The topological polar surface area (TPSA) is 92.5 Å². The molecule has 1 aromatic rings. The van der Waals surface area contributed by atoms with Crippen LogP contribution < -0.4 is 5.32 Å². The number of rotatable bonds is 6. The quantitative estimate of drug-likeness (QED) is 0.616. The Hall–Kier alpha value is -1.95. The normalized spacial score (nSPS) is 12.2. The molecule has 0 fully saturated rings. The van der Waals surface area contributed by atoms with Gasteiger partial charge < -0.3 is 10.4 Å². The summed E-state index contributed by atoms with van der Waals surface area (Å²) in [6.07, 6.45) is 0.649. The SMILES string of the molecule is Cc1ccc([N+](=O)[O-])cc1C(=O)NC(CO)CC(C)C. The van der Waals surface area contributed by atoms with Crippen LogP contribution in [0.3, 0.4) is 0 Å². The zero-order valence-electron chi connectivity index (χ0n) is 11.9. The van der Waals surface area contributed by atoms with Gasteiger partial charge in [0, 0.05) is 17.7 Å². The second-order valence-corrected chi connectivity index (χ2v) is 5.24. The number of nitrogens with zero attached hydrogens (tertiary/aromatic N) is 1. The highest BCUT2D eigenvalue weighted by atomic mass is 16.6. The molecule has 1 rings (SSSR count). The molecule has 0 saturated heterocycles. The number of aliphatic hydroxyl groups excluding tert-OH is 1. The van der Waals surface area contributed by atoms with E-state index >= 15 is 0 Å². The number of nitro groups is 1. The molecule has 1 atom stereocenters. The van der Waals surface area contributed by atoms with Crippen molar-refractivity contribution in [3.8, 4) is 0 Å². The summed E-state index contributed by atoms with van der Waals surface area (Å²) >= 11 is 0. The Bertz CT molecular complexity index is 500. The second kappa shape index (κ2) is 7.00. The van der Waals surface area contributed by atoms with Crippen molar-refractivity contribution >= 4 is 11.6 Å². The number of nitrogens with one attached hydrogen (secondary N) is 1. The van der Waals surface area contributed by atoms with E-state index in [9.17, 15) is 20.0 Å². The van der Waals surface area contributed by atoms with E-state index in [0.717, 1.165) is 0 Å². The smallest absolute Gasteiger partial charge is 0.270 e. The van der Waals surface area contributed by atoms with Crippen LogP contribution in [0.15, 0.2) is 18.2 Å². The molecule has 0 aliphatic carbocycles. The van der Waals surface area contributed by atoms with Crippen LogP contribution in [0.5, 0.6) is 0 Å². The highest BCUT2D eigenvalue weighted by molar-refractivity contribution is 5.96. The number of non-ortho nitro benzene ring substituents is 1. The van der Waals surface area contributed by atoms with Crippen molar-refractivity contribution in [3.05, 3.63) is 39.4 Å². The summed E-state index contributed by atoms with van der Waals surface area (Å²) in [7, 11) is 0. The molecule has 2 N–H and O–H groups in total. The van der Waals surface area contributed by atoms with Crippen LogP contribution in [-0.2, 0) is 0 Å².